The van der Waals surface area contributed by atoms with Crippen molar-refractivity contribution in [3.05, 3.63) is 54.3 Å². The fourth-order valence-corrected chi connectivity index (χ4v) is 6.85. The second kappa shape index (κ2) is 10.3. The first-order valence-electron chi connectivity index (χ1n) is 10.8. The van der Waals surface area contributed by atoms with Gasteiger partial charge in [0.05, 0.1) is 15.7 Å². The van der Waals surface area contributed by atoms with Gasteiger partial charge in [0.2, 0.25) is 26.0 Å². The molecule has 0 saturated carbocycles. The molecule has 1 amide bonds. The average Bonchev–Trinajstić information content (AvgIpc) is 2.80. The molecule has 1 aliphatic rings. The lowest BCUT2D eigenvalue weighted by Crippen LogP contribution is -2.43. The Morgan fingerprint density at radius 1 is 1.06 bits per heavy atom. The van der Waals surface area contributed by atoms with E-state index in [0.717, 1.165) is 12.1 Å². The number of sulfonamides is 2. The minimum absolute atomic E-state index is 0.0109. The second-order valence-electron chi connectivity index (χ2n) is 7.76. The molecule has 1 aliphatic heterocycles. The Hall–Kier alpha value is -2.34. The van der Waals surface area contributed by atoms with E-state index in [4.69, 9.17) is 0 Å². The quantitative estimate of drug-likeness (QED) is 0.604. The zero-order valence-electron chi connectivity index (χ0n) is 18.6. The smallest absolute Gasteiger partial charge is 0.243 e. The summed E-state index contributed by atoms with van der Waals surface area (Å²) in [6, 6.07) is 10.6. The van der Waals surface area contributed by atoms with Gasteiger partial charge in [0.1, 0.15) is 5.82 Å². The van der Waals surface area contributed by atoms with E-state index in [0.29, 0.717) is 31.6 Å². The van der Waals surface area contributed by atoms with Crippen LogP contribution in [0.1, 0.15) is 26.7 Å². The fraction of sp³-hybridized carbons (Fsp3) is 0.409. The molecule has 0 radical (unpaired) electrons. The molecular weight excluding hydrogens is 469 g/mol. The number of benzene rings is 2. The van der Waals surface area contributed by atoms with Crippen molar-refractivity contribution < 1.29 is 26.0 Å². The Morgan fingerprint density at radius 3 is 2.36 bits per heavy atom. The second-order valence-corrected chi connectivity index (χ2v) is 11.6. The zero-order valence-corrected chi connectivity index (χ0v) is 20.2. The van der Waals surface area contributed by atoms with Crippen molar-refractivity contribution in [2.24, 2.45) is 5.92 Å². The van der Waals surface area contributed by atoms with Crippen LogP contribution < -0.4 is 5.32 Å². The molecule has 33 heavy (non-hydrogen) atoms. The number of amides is 1. The molecule has 3 rings (SSSR count). The standard InChI is InChI=1S/C22H28FN3O5S2/c1-3-25(4-2)33(30,31)21-9-5-8-19(15-21)24-22(27)17-7-6-14-26(16-17)32(28,29)20-12-10-18(23)11-13-20/h5,8-13,15,17H,3-4,6-7,14,16H2,1-2H3,(H,24,27). The largest absolute Gasteiger partial charge is 0.326 e. The van der Waals surface area contributed by atoms with Gasteiger partial charge in [0.15, 0.2) is 0 Å². The molecule has 2 aromatic rings. The van der Waals surface area contributed by atoms with Gasteiger partial charge in [0, 0.05) is 31.9 Å². The van der Waals surface area contributed by atoms with E-state index < -0.39 is 31.8 Å². The first kappa shape index (κ1) is 25.3. The van der Waals surface area contributed by atoms with E-state index in [-0.39, 0.29) is 28.8 Å². The van der Waals surface area contributed by atoms with Crippen molar-refractivity contribution in [3.8, 4) is 0 Å². The van der Waals surface area contributed by atoms with E-state index >= 15 is 0 Å². The molecule has 1 saturated heterocycles. The van der Waals surface area contributed by atoms with Crippen molar-refractivity contribution in [1.29, 1.82) is 0 Å². The molecule has 1 unspecified atom stereocenters. The molecule has 1 N–H and O–H groups in total. The van der Waals surface area contributed by atoms with Crippen LogP contribution >= 0.6 is 0 Å². The Balaban J connectivity index is 1.74. The van der Waals surface area contributed by atoms with E-state index in [2.05, 4.69) is 5.32 Å². The number of carbonyl (C=O) groups is 1. The van der Waals surface area contributed by atoms with Crippen molar-refractivity contribution in [2.75, 3.05) is 31.5 Å². The molecule has 0 bridgehead atoms. The lowest BCUT2D eigenvalue weighted by atomic mass is 9.99. The number of halogens is 1. The van der Waals surface area contributed by atoms with Crippen LogP contribution in [0, 0.1) is 11.7 Å². The maximum absolute atomic E-state index is 13.2. The summed E-state index contributed by atoms with van der Waals surface area (Å²) in [6.07, 6.45) is 0.994. The predicted octanol–water partition coefficient (Wildman–Crippen LogP) is 2.90. The van der Waals surface area contributed by atoms with Crippen molar-refractivity contribution >= 4 is 31.6 Å². The highest BCUT2D eigenvalue weighted by molar-refractivity contribution is 7.89. The van der Waals surface area contributed by atoms with Gasteiger partial charge in [-0.3, -0.25) is 4.79 Å². The summed E-state index contributed by atoms with van der Waals surface area (Å²) in [5.74, 6) is -1.52. The monoisotopic (exact) mass is 497 g/mol. The molecule has 1 fully saturated rings. The van der Waals surface area contributed by atoms with E-state index in [1.807, 2.05) is 0 Å². The van der Waals surface area contributed by atoms with Crippen LogP contribution in [0.25, 0.3) is 0 Å². The maximum atomic E-state index is 13.2. The molecule has 0 aliphatic carbocycles. The van der Waals surface area contributed by atoms with Crippen LogP contribution in [0.3, 0.4) is 0 Å². The van der Waals surface area contributed by atoms with Gasteiger partial charge in [-0.2, -0.15) is 8.61 Å². The Morgan fingerprint density at radius 2 is 1.73 bits per heavy atom. The Bertz CT molecular complexity index is 1200. The topological polar surface area (TPSA) is 104 Å². The number of anilines is 1. The molecule has 1 heterocycles. The number of piperidine rings is 1. The molecule has 11 heteroatoms. The number of rotatable bonds is 8. The molecule has 1 atom stereocenters. The number of nitrogens with one attached hydrogen (secondary N) is 1. The normalized spacial score (nSPS) is 17.8. The van der Waals surface area contributed by atoms with Crippen LogP contribution in [-0.2, 0) is 24.8 Å². The lowest BCUT2D eigenvalue weighted by molar-refractivity contribution is -0.120. The SMILES string of the molecule is CCN(CC)S(=O)(=O)c1cccc(NC(=O)C2CCCN(S(=O)(=O)c3ccc(F)cc3)C2)c1. The van der Waals surface area contributed by atoms with Crippen LogP contribution in [0.15, 0.2) is 58.3 Å². The van der Waals surface area contributed by atoms with Crippen LogP contribution in [-0.4, -0.2) is 57.5 Å². The summed E-state index contributed by atoms with van der Waals surface area (Å²) < 4.78 is 67.1. The Kier molecular flexibility index (Phi) is 7.88. The van der Waals surface area contributed by atoms with Gasteiger partial charge in [0.25, 0.3) is 0 Å². The summed E-state index contributed by atoms with van der Waals surface area (Å²) in [5, 5.41) is 2.73. The van der Waals surface area contributed by atoms with Crippen LogP contribution in [0.4, 0.5) is 10.1 Å². The third-order valence-electron chi connectivity index (χ3n) is 5.65. The van der Waals surface area contributed by atoms with E-state index in [1.54, 1.807) is 26.0 Å². The van der Waals surface area contributed by atoms with Crippen LogP contribution in [0.2, 0.25) is 0 Å². The summed E-state index contributed by atoms with van der Waals surface area (Å²) in [6.45, 7) is 4.42. The highest BCUT2D eigenvalue weighted by Crippen LogP contribution is 2.26. The summed E-state index contributed by atoms with van der Waals surface area (Å²) in [7, 11) is -7.54. The first-order chi connectivity index (χ1) is 15.6. The Labute approximate surface area is 194 Å². The third-order valence-corrected chi connectivity index (χ3v) is 9.58. The summed E-state index contributed by atoms with van der Waals surface area (Å²) >= 11 is 0. The minimum Gasteiger partial charge on any atom is -0.326 e. The molecule has 180 valence electrons. The summed E-state index contributed by atoms with van der Waals surface area (Å²) in [4.78, 5) is 12.9. The van der Waals surface area contributed by atoms with Gasteiger partial charge in [-0.15, -0.1) is 0 Å². The lowest BCUT2D eigenvalue weighted by Gasteiger charge is -2.31. The number of hydrogen-bond donors (Lipinski definition) is 1. The minimum atomic E-state index is -3.86. The van der Waals surface area contributed by atoms with Gasteiger partial charge < -0.3 is 5.32 Å². The van der Waals surface area contributed by atoms with Gasteiger partial charge >= 0.3 is 0 Å². The predicted molar refractivity (Wildman–Crippen MR) is 123 cm³/mol. The molecule has 0 aromatic heterocycles. The highest BCUT2D eigenvalue weighted by Gasteiger charge is 2.33. The fourth-order valence-electron chi connectivity index (χ4n) is 3.82. The average molecular weight is 498 g/mol. The number of nitrogens with zero attached hydrogens (tertiary/aromatic N) is 2. The van der Waals surface area contributed by atoms with Crippen LogP contribution in [0.5, 0.6) is 0 Å². The van der Waals surface area contributed by atoms with Gasteiger partial charge in [-0.1, -0.05) is 19.9 Å². The van der Waals surface area contributed by atoms with Crippen molar-refractivity contribution in [2.45, 2.75) is 36.5 Å². The molecular formula is C22H28FN3O5S2. The van der Waals surface area contributed by atoms with E-state index in [1.165, 1.54) is 32.9 Å². The summed E-state index contributed by atoms with van der Waals surface area (Å²) in [5.41, 5.74) is 0.326. The first-order valence-corrected chi connectivity index (χ1v) is 13.6. The molecule has 2 aromatic carbocycles. The highest BCUT2D eigenvalue weighted by atomic mass is 32.2. The zero-order chi connectivity index (χ0) is 24.2. The van der Waals surface area contributed by atoms with Crippen molar-refractivity contribution in [1.82, 2.24) is 8.61 Å². The third kappa shape index (κ3) is 5.60. The van der Waals surface area contributed by atoms with E-state index in [9.17, 15) is 26.0 Å². The van der Waals surface area contributed by atoms with Crippen molar-refractivity contribution in [3.63, 3.8) is 0 Å². The number of hydrogen-bond acceptors (Lipinski definition) is 5. The molecule has 8 nitrogen and oxygen atoms in total. The van der Waals surface area contributed by atoms with Gasteiger partial charge in [-0.05, 0) is 55.3 Å². The number of carbonyl (C=O) groups excluding carboxylic acids is 1. The maximum Gasteiger partial charge on any atom is 0.243 e. The molecule has 0 spiro atoms. The van der Waals surface area contributed by atoms with Gasteiger partial charge in [-0.25, -0.2) is 21.2 Å².